The van der Waals surface area contributed by atoms with Gasteiger partial charge in [0.25, 0.3) is 5.91 Å². The Hall–Kier alpha value is -1.46. The van der Waals surface area contributed by atoms with Crippen LogP contribution in [-0.4, -0.2) is 49.3 Å². The number of benzene rings is 1. The van der Waals surface area contributed by atoms with Crippen molar-refractivity contribution in [2.75, 3.05) is 26.8 Å². The Kier molecular flexibility index (Phi) is 3.95. The van der Waals surface area contributed by atoms with Crippen LogP contribution in [0.25, 0.3) is 0 Å². The molecule has 2 heterocycles. The van der Waals surface area contributed by atoms with Gasteiger partial charge in [0.2, 0.25) is 0 Å². The highest BCUT2D eigenvalue weighted by atomic mass is 19.1. The van der Waals surface area contributed by atoms with Crippen molar-refractivity contribution in [1.82, 2.24) is 4.90 Å². The lowest BCUT2D eigenvalue weighted by molar-refractivity contribution is -0.136. The van der Waals surface area contributed by atoms with Gasteiger partial charge in [0.1, 0.15) is 11.9 Å². The number of methoxy groups -OCH3 is 1. The summed E-state index contributed by atoms with van der Waals surface area (Å²) in [6, 6.07) is 5.67. The van der Waals surface area contributed by atoms with E-state index in [9.17, 15) is 9.18 Å². The fourth-order valence-electron chi connectivity index (χ4n) is 3.36. The van der Waals surface area contributed by atoms with E-state index in [0.29, 0.717) is 18.7 Å². The van der Waals surface area contributed by atoms with E-state index in [0.717, 1.165) is 25.9 Å². The van der Waals surface area contributed by atoms with Crippen molar-refractivity contribution in [3.05, 3.63) is 35.6 Å². The highest BCUT2D eigenvalue weighted by Crippen LogP contribution is 2.37. The van der Waals surface area contributed by atoms with Crippen molar-refractivity contribution in [3.8, 4) is 0 Å². The molecule has 2 fully saturated rings. The molecule has 21 heavy (non-hydrogen) atoms. The first-order valence-corrected chi connectivity index (χ1v) is 7.36. The molecular weight excluding hydrogens is 273 g/mol. The van der Waals surface area contributed by atoms with Crippen LogP contribution in [0.3, 0.4) is 0 Å². The highest BCUT2D eigenvalue weighted by Gasteiger charge is 2.47. The topological polar surface area (TPSA) is 38.8 Å². The Bertz CT molecular complexity index is 511. The Morgan fingerprint density at radius 1 is 1.38 bits per heavy atom. The molecule has 2 aliphatic heterocycles. The molecule has 114 valence electrons. The zero-order valence-electron chi connectivity index (χ0n) is 12.2. The monoisotopic (exact) mass is 293 g/mol. The van der Waals surface area contributed by atoms with Crippen molar-refractivity contribution < 1.29 is 18.7 Å². The van der Waals surface area contributed by atoms with E-state index < -0.39 is 0 Å². The molecule has 2 aliphatic rings. The van der Waals surface area contributed by atoms with Crippen molar-refractivity contribution in [2.24, 2.45) is 0 Å². The minimum atomic E-state index is -0.335. The lowest BCUT2D eigenvalue weighted by Crippen LogP contribution is -2.57. The molecule has 0 saturated carbocycles. The number of amides is 1. The molecule has 1 amide bonds. The number of hydrogen-bond acceptors (Lipinski definition) is 3. The predicted octanol–water partition coefficient (Wildman–Crippen LogP) is 2.24. The molecule has 4 nitrogen and oxygen atoms in total. The Morgan fingerprint density at radius 3 is 2.76 bits per heavy atom. The minimum absolute atomic E-state index is 0.0788. The van der Waals surface area contributed by atoms with Crippen molar-refractivity contribution in [3.63, 3.8) is 0 Å². The average molecular weight is 293 g/mol. The van der Waals surface area contributed by atoms with Gasteiger partial charge in [-0.3, -0.25) is 4.79 Å². The average Bonchev–Trinajstić information content (AvgIpc) is 2.97. The number of likely N-dealkylation sites (tertiary alicyclic amines) is 1. The van der Waals surface area contributed by atoms with Gasteiger partial charge in [0.15, 0.2) is 0 Å². The van der Waals surface area contributed by atoms with Gasteiger partial charge in [-0.1, -0.05) is 0 Å². The minimum Gasteiger partial charge on any atom is -0.377 e. The number of rotatable bonds is 2. The first-order valence-electron chi connectivity index (χ1n) is 7.36. The molecule has 1 aromatic carbocycles. The first kappa shape index (κ1) is 14.5. The molecule has 1 spiro atoms. The number of hydrogen-bond donors (Lipinski definition) is 0. The van der Waals surface area contributed by atoms with Crippen LogP contribution in [0.2, 0.25) is 0 Å². The molecule has 2 atom stereocenters. The molecule has 3 rings (SSSR count). The van der Waals surface area contributed by atoms with Gasteiger partial charge in [-0.05, 0) is 43.5 Å². The number of carbonyl (C=O) groups excluding carboxylic acids is 1. The molecule has 0 N–H and O–H groups in total. The fourth-order valence-corrected chi connectivity index (χ4v) is 3.36. The maximum atomic E-state index is 12.9. The van der Waals surface area contributed by atoms with Gasteiger partial charge in [-0.2, -0.15) is 0 Å². The summed E-state index contributed by atoms with van der Waals surface area (Å²) in [6.45, 7) is 1.94. The van der Waals surface area contributed by atoms with Crippen LogP contribution in [-0.2, 0) is 9.47 Å². The molecule has 0 unspecified atom stereocenters. The van der Waals surface area contributed by atoms with Crippen molar-refractivity contribution in [2.45, 2.75) is 31.0 Å². The van der Waals surface area contributed by atoms with E-state index in [1.807, 2.05) is 0 Å². The van der Waals surface area contributed by atoms with E-state index in [-0.39, 0.29) is 23.4 Å². The summed E-state index contributed by atoms with van der Waals surface area (Å²) >= 11 is 0. The maximum Gasteiger partial charge on any atom is 0.253 e. The third kappa shape index (κ3) is 2.68. The number of piperidine rings is 1. The van der Waals surface area contributed by atoms with E-state index in [4.69, 9.17) is 9.47 Å². The zero-order chi connectivity index (χ0) is 14.9. The Labute approximate surface area is 123 Å². The van der Waals surface area contributed by atoms with Crippen LogP contribution in [0, 0.1) is 5.82 Å². The van der Waals surface area contributed by atoms with E-state index >= 15 is 0 Å². The van der Waals surface area contributed by atoms with Crippen molar-refractivity contribution >= 4 is 5.91 Å². The van der Waals surface area contributed by atoms with Crippen LogP contribution in [0.5, 0.6) is 0 Å². The normalized spacial score (nSPS) is 29.0. The number of ether oxygens (including phenoxy) is 2. The summed E-state index contributed by atoms with van der Waals surface area (Å²) in [6.07, 6.45) is 2.73. The van der Waals surface area contributed by atoms with Crippen LogP contribution in [0.15, 0.2) is 24.3 Å². The molecule has 0 aliphatic carbocycles. The summed E-state index contributed by atoms with van der Waals surface area (Å²) < 4.78 is 24.5. The SMILES string of the molecule is CO[C@H]1CN(C(=O)c2ccc(F)cc2)CC[C@@]12CCCO2. The van der Waals surface area contributed by atoms with Gasteiger partial charge in [0, 0.05) is 32.4 Å². The van der Waals surface area contributed by atoms with Gasteiger partial charge < -0.3 is 14.4 Å². The largest absolute Gasteiger partial charge is 0.377 e. The lowest BCUT2D eigenvalue weighted by Gasteiger charge is -2.44. The quantitative estimate of drug-likeness (QED) is 0.839. The smallest absolute Gasteiger partial charge is 0.253 e. The first-order chi connectivity index (χ1) is 10.1. The third-order valence-corrected chi connectivity index (χ3v) is 4.57. The summed E-state index contributed by atoms with van der Waals surface area (Å²) in [5.74, 6) is -0.414. The summed E-state index contributed by atoms with van der Waals surface area (Å²) in [7, 11) is 1.67. The van der Waals surface area contributed by atoms with E-state index in [1.54, 1.807) is 12.0 Å². The van der Waals surface area contributed by atoms with E-state index in [1.165, 1.54) is 24.3 Å². The van der Waals surface area contributed by atoms with Gasteiger partial charge in [-0.25, -0.2) is 4.39 Å². The highest BCUT2D eigenvalue weighted by molar-refractivity contribution is 5.94. The number of nitrogens with zero attached hydrogens (tertiary/aromatic N) is 1. The molecular formula is C16H20FNO3. The molecule has 2 saturated heterocycles. The second-order valence-electron chi connectivity index (χ2n) is 5.75. The second kappa shape index (κ2) is 5.73. The number of carbonyl (C=O) groups is 1. The Balaban J connectivity index is 1.73. The molecule has 1 aromatic rings. The lowest BCUT2D eigenvalue weighted by atomic mass is 9.85. The van der Waals surface area contributed by atoms with Crippen LogP contribution >= 0.6 is 0 Å². The Morgan fingerprint density at radius 2 is 2.14 bits per heavy atom. The summed E-state index contributed by atoms with van der Waals surface area (Å²) in [4.78, 5) is 14.3. The van der Waals surface area contributed by atoms with Gasteiger partial charge in [0.05, 0.1) is 5.60 Å². The fraction of sp³-hybridized carbons (Fsp3) is 0.562. The molecule has 5 heteroatoms. The molecule has 0 radical (unpaired) electrons. The maximum absolute atomic E-state index is 12.9. The van der Waals surface area contributed by atoms with E-state index in [2.05, 4.69) is 0 Å². The molecule has 0 bridgehead atoms. The number of halogens is 1. The standard InChI is InChI=1S/C16H20FNO3/c1-20-14-11-18(9-8-16(14)7-2-10-21-16)15(19)12-3-5-13(17)6-4-12/h3-6,14H,2,7-11H2,1H3/t14-,16-/m0/s1. The second-order valence-corrected chi connectivity index (χ2v) is 5.75. The van der Waals surface area contributed by atoms with Crippen LogP contribution < -0.4 is 0 Å². The zero-order valence-corrected chi connectivity index (χ0v) is 12.2. The van der Waals surface area contributed by atoms with Crippen LogP contribution in [0.4, 0.5) is 4.39 Å². The predicted molar refractivity (Wildman–Crippen MR) is 75.6 cm³/mol. The van der Waals surface area contributed by atoms with Gasteiger partial charge in [-0.15, -0.1) is 0 Å². The van der Waals surface area contributed by atoms with Gasteiger partial charge >= 0.3 is 0 Å². The van der Waals surface area contributed by atoms with Crippen LogP contribution in [0.1, 0.15) is 29.6 Å². The third-order valence-electron chi connectivity index (χ3n) is 4.57. The molecule has 0 aromatic heterocycles. The summed E-state index contributed by atoms with van der Waals surface area (Å²) in [5.41, 5.74) is 0.281. The summed E-state index contributed by atoms with van der Waals surface area (Å²) in [5, 5.41) is 0. The van der Waals surface area contributed by atoms with Crippen molar-refractivity contribution in [1.29, 1.82) is 0 Å².